The predicted octanol–water partition coefficient (Wildman–Crippen LogP) is 2.61. The van der Waals surface area contributed by atoms with Crippen LogP contribution in [0.5, 0.6) is 11.5 Å². The maximum absolute atomic E-state index is 13.0. The Kier molecular flexibility index (Phi) is 3.42. The fourth-order valence-corrected chi connectivity index (χ4v) is 5.13. The molecule has 0 spiro atoms. The molecule has 0 radical (unpaired) electrons. The fraction of sp³-hybridized carbons (Fsp3) is 0.316. The Labute approximate surface area is 156 Å². The molecule has 8 heteroatoms. The van der Waals surface area contributed by atoms with Gasteiger partial charge in [-0.15, -0.1) is 0 Å². The van der Waals surface area contributed by atoms with E-state index >= 15 is 0 Å². The molecule has 1 atom stereocenters. The van der Waals surface area contributed by atoms with E-state index in [4.69, 9.17) is 9.47 Å². The number of hydrogen-bond donors (Lipinski definition) is 1. The molecule has 1 amide bonds. The van der Waals surface area contributed by atoms with E-state index in [1.807, 2.05) is 6.92 Å². The van der Waals surface area contributed by atoms with E-state index in [0.717, 1.165) is 29.7 Å². The average Bonchev–Trinajstić information content (AvgIpc) is 3.21. The van der Waals surface area contributed by atoms with Gasteiger partial charge in [0.15, 0.2) is 11.5 Å². The number of carbonyl (C=O) groups excluding carboxylic acids is 1. The van der Waals surface area contributed by atoms with E-state index in [-0.39, 0.29) is 23.5 Å². The number of nitrogens with one attached hydrogen (secondary N) is 1. The minimum absolute atomic E-state index is 0.0456. The lowest BCUT2D eigenvalue weighted by Crippen LogP contribution is -2.32. The number of hydrogen-bond acceptors (Lipinski definition) is 5. The third-order valence-electron chi connectivity index (χ3n) is 5.33. The molecule has 3 heterocycles. The number of nitrogens with zero attached hydrogens (tertiary/aromatic N) is 1. The number of fused-ring (bicyclic) bond motifs is 1. The molecule has 1 unspecified atom stereocenters. The summed E-state index contributed by atoms with van der Waals surface area (Å²) in [5.41, 5.74) is 3.02. The summed E-state index contributed by atoms with van der Waals surface area (Å²) in [6.07, 6.45) is 1.61. The Bertz CT molecular complexity index is 1080. The monoisotopic (exact) mass is 386 g/mol. The van der Waals surface area contributed by atoms with Crippen molar-refractivity contribution in [1.82, 2.24) is 0 Å². The van der Waals surface area contributed by atoms with E-state index in [2.05, 4.69) is 4.72 Å². The Balaban J connectivity index is 1.54. The maximum Gasteiger partial charge on any atom is 0.261 e. The zero-order valence-electron chi connectivity index (χ0n) is 14.7. The van der Waals surface area contributed by atoms with Gasteiger partial charge in [0.2, 0.25) is 12.7 Å². The van der Waals surface area contributed by atoms with Crippen molar-refractivity contribution in [2.45, 2.75) is 30.6 Å². The van der Waals surface area contributed by atoms with Crippen molar-refractivity contribution in [3.63, 3.8) is 0 Å². The molecule has 0 aliphatic carbocycles. The van der Waals surface area contributed by atoms with Gasteiger partial charge in [0.1, 0.15) is 0 Å². The molecule has 5 rings (SSSR count). The topological polar surface area (TPSA) is 84.9 Å². The van der Waals surface area contributed by atoms with E-state index in [1.54, 1.807) is 35.2 Å². The van der Waals surface area contributed by atoms with Crippen LogP contribution in [0.15, 0.2) is 35.2 Å². The minimum atomic E-state index is -3.80. The summed E-state index contributed by atoms with van der Waals surface area (Å²) < 4.78 is 39.1. The smallest absolute Gasteiger partial charge is 0.261 e. The zero-order valence-corrected chi connectivity index (χ0v) is 15.5. The summed E-state index contributed by atoms with van der Waals surface area (Å²) in [6.45, 7) is 2.66. The quantitative estimate of drug-likeness (QED) is 0.877. The average molecular weight is 386 g/mol. The summed E-state index contributed by atoms with van der Waals surface area (Å²) in [7, 11) is -3.80. The largest absolute Gasteiger partial charge is 0.454 e. The number of benzene rings is 2. The highest BCUT2D eigenvalue weighted by Gasteiger charge is 2.38. The number of carbonyl (C=O) groups is 1. The molecule has 0 saturated heterocycles. The van der Waals surface area contributed by atoms with Crippen molar-refractivity contribution in [2.75, 3.05) is 23.0 Å². The number of aryl methyl sites for hydroxylation is 1. The lowest BCUT2D eigenvalue weighted by molar-refractivity contribution is -0.119. The van der Waals surface area contributed by atoms with Crippen molar-refractivity contribution in [3.05, 3.63) is 41.5 Å². The van der Waals surface area contributed by atoms with Crippen LogP contribution in [0.2, 0.25) is 0 Å². The van der Waals surface area contributed by atoms with Gasteiger partial charge in [-0.05, 0) is 55.2 Å². The van der Waals surface area contributed by atoms with Gasteiger partial charge >= 0.3 is 0 Å². The molecule has 7 nitrogen and oxygen atoms in total. The predicted molar refractivity (Wildman–Crippen MR) is 98.9 cm³/mol. The summed E-state index contributed by atoms with van der Waals surface area (Å²) in [6, 6.07) is 8.22. The number of ether oxygens (including phenoxy) is 2. The van der Waals surface area contributed by atoms with Gasteiger partial charge < -0.3 is 14.4 Å². The Hall–Kier alpha value is -2.74. The molecule has 27 heavy (non-hydrogen) atoms. The van der Waals surface area contributed by atoms with Crippen molar-refractivity contribution in [2.24, 2.45) is 0 Å². The second-order valence-corrected chi connectivity index (χ2v) is 8.69. The van der Waals surface area contributed by atoms with Gasteiger partial charge in [0.05, 0.1) is 22.2 Å². The highest BCUT2D eigenvalue weighted by atomic mass is 32.2. The molecule has 3 aliphatic heterocycles. The van der Waals surface area contributed by atoms with E-state index in [1.165, 1.54) is 0 Å². The van der Waals surface area contributed by atoms with Crippen molar-refractivity contribution >= 4 is 27.3 Å². The Morgan fingerprint density at radius 1 is 1.15 bits per heavy atom. The summed E-state index contributed by atoms with van der Waals surface area (Å²) >= 11 is 0. The lowest BCUT2D eigenvalue weighted by Gasteiger charge is -2.26. The van der Waals surface area contributed by atoms with Crippen LogP contribution in [0.25, 0.3) is 0 Å². The number of anilines is 2. The first-order valence-electron chi connectivity index (χ1n) is 8.85. The molecule has 3 aliphatic rings. The first kappa shape index (κ1) is 16.4. The van der Waals surface area contributed by atoms with Gasteiger partial charge in [-0.25, -0.2) is 8.42 Å². The Morgan fingerprint density at radius 2 is 1.96 bits per heavy atom. The second-order valence-electron chi connectivity index (χ2n) is 7.01. The summed E-state index contributed by atoms with van der Waals surface area (Å²) in [5, 5.41) is 0. The maximum atomic E-state index is 13.0. The van der Waals surface area contributed by atoms with Crippen LogP contribution in [0.3, 0.4) is 0 Å². The zero-order chi connectivity index (χ0) is 18.8. The normalized spacial score (nSPS) is 20.0. The van der Waals surface area contributed by atoms with Gasteiger partial charge in [-0.2, -0.15) is 0 Å². The molecular weight excluding hydrogens is 368 g/mol. The molecule has 140 valence electrons. The minimum Gasteiger partial charge on any atom is -0.454 e. The molecule has 1 N–H and O–H groups in total. The van der Waals surface area contributed by atoms with Crippen LogP contribution < -0.4 is 19.1 Å². The Morgan fingerprint density at radius 3 is 2.81 bits per heavy atom. The lowest BCUT2D eigenvalue weighted by atomic mass is 9.97. The van der Waals surface area contributed by atoms with Crippen LogP contribution in [-0.2, 0) is 21.2 Å². The van der Waals surface area contributed by atoms with Gasteiger partial charge in [0, 0.05) is 12.6 Å². The molecule has 2 aromatic rings. The number of amides is 1. The summed E-state index contributed by atoms with van der Waals surface area (Å²) in [5.74, 6) is 0.822. The first-order chi connectivity index (χ1) is 12.9. The number of sulfonamides is 1. The molecular formula is C19H18N2O5S. The molecule has 0 fully saturated rings. The van der Waals surface area contributed by atoms with Gasteiger partial charge in [-0.1, -0.05) is 0 Å². The van der Waals surface area contributed by atoms with E-state index < -0.39 is 10.0 Å². The van der Waals surface area contributed by atoms with Crippen LogP contribution in [-0.4, -0.2) is 27.7 Å². The van der Waals surface area contributed by atoms with Crippen LogP contribution >= 0.6 is 0 Å². The SMILES string of the molecule is CC1C(=O)N2CCCc3cc(S(=O)(=O)Nc4ccc5c(c4)OCO5)cc1c32. The number of rotatable bonds is 3. The fourth-order valence-electron chi connectivity index (χ4n) is 3.99. The standard InChI is InChI=1S/C19H18N2O5S/c1-11-15-9-14(7-12-3-2-6-21(18(12)15)19(11)22)27(23,24)20-13-4-5-16-17(8-13)26-10-25-16/h4-5,7-9,11,20H,2-3,6,10H2,1H3. The highest BCUT2D eigenvalue weighted by Crippen LogP contribution is 2.44. The van der Waals surface area contributed by atoms with Crippen LogP contribution in [0, 0.1) is 0 Å². The first-order valence-corrected chi connectivity index (χ1v) is 10.3. The van der Waals surface area contributed by atoms with E-state index in [9.17, 15) is 13.2 Å². The third-order valence-corrected chi connectivity index (χ3v) is 6.69. The van der Waals surface area contributed by atoms with Gasteiger partial charge in [-0.3, -0.25) is 9.52 Å². The third kappa shape index (κ3) is 2.47. The molecule has 0 bridgehead atoms. The van der Waals surface area contributed by atoms with Crippen LogP contribution in [0.1, 0.15) is 30.4 Å². The molecule has 2 aromatic carbocycles. The van der Waals surface area contributed by atoms with Crippen molar-refractivity contribution in [3.8, 4) is 11.5 Å². The summed E-state index contributed by atoms with van der Waals surface area (Å²) in [4.78, 5) is 14.4. The molecule has 0 saturated carbocycles. The van der Waals surface area contributed by atoms with E-state index in [0.29, 0.717) is 23.7 Å². The molecule has 0 aromatic heterocycles. The van der Waals surface area contributed by atoms with Crippen LogP contribution in [0.4, 0.5) is 11.4 Å². The van der Waals surface area contributed by atoms with Gasteiger partial charge in [0.25, 0.3) is 10.0 Å². The highest BCUT2D eigenvalue weighted by molar-refractivity contribution is 7.92. The second kappa shape index (κ2) is 5.63. The van der Waals surface area contributed by atoms with Crippen molar-refractivity contribution in [1.29, 1.82) is 0 Å². The van der Waals surface area contributed by atoms with Crippen molar-refractivity contribution < 1.29 is 22.7 Å².